The first kappa shape index (κ1) is 16.7. The molecule has 0 unspecified atom stereocenters. The molecule has 6 heteroatoms. The average Bonchev–Trinajstić information content (AvgIpc) is 2.59. The Bertz CT molecular complexity index is 840. The largest absolute Gasteiger partial charge is 0.311 e. The van der Waals surface area contributed by atoms with E-state index in [1.165, 1.54) is 23.1 Å². The van der Waals surface area contributed by atoms with Gasteiger partial charge in [-0.05, 0) is 30.3 Å². The number of hydrogen-bond donors (Lipinski definition) is 1. The molecule has 0 bridgehead atoms. The minimum atomic E-state index is -3.73. The van der Waals surface area contributed by atoms with E-state index in [4.69, 9.17) is 6.42 Å². The van der Waals surface area contributed by atoms with Crippen LogP contribution in [0.2, 0.25) is 0 Å². The van der Waals surface area contributed by atoms with E-state index in [1.807, 2.05) is 18.2 Å². The lowest BCUT2D eigenvalue weighted by Crippen LogP contribution is -2.27. The molecule has 1 amide bonds. The number of nitrogens with one attached hydrogen (secondary N) is 1. The molecule has 0 spiro atoms. The highest BCUT2D eigenvalue weighted by Gasteiger charge is 2.18. The summed E-state index contributed by atoms with van der Waals surface area (Å²) in [6.07, 6.45) is 5.06. The smallest absolute Gasteiger partial charge is 0.258 e. The fourth-order valence-electron chi connectivity index (χ4n) is 1.98. The van der Waals surface area contributed by atoms with Crippen molar-refractivity contribution < 1.29 is 13.2 Å². The van der Waals surface area contributed by atoms with Crippen LogP contribution < -0.4 is 9.62 Å². The van der Waals surface area contributed by atoms with E-state index < -0.39 is 10.0 Å². The van der Waals surface area contributed by atoms with Crippen LogP contribution in [0.1, 0.15) is 10.4 Å². The minimum absolute atomic E-state index is 0.0000571. The van der Waals surface area contributed by atoms with Gasteiger partial charge in [-0.1, -0.05) is 30.2 Å². The molecule has 0 aliphatic heterocycles. The zero-order valence-corrected chi connectivity index (χ0v) is 13.4. The summed E-state index contributed by atoms with van der Waals surface area (Å²) in [5, 5.41) is 0. The van der Waals surface area contributed by atoms with E-state index in [2.05, 4.69) is 10.6 Å². The number of sulfonamides is 1. The van der Waals surface area contributed by atoms with Gasteiger partial charge in [0.05, 0.1) is 11.4 Å². The van der Waals surface area contributed by atoms with Crippen molar-refractivity contribution >= 4 is 21.6 Å². The van der Waals surface area contributed by atoms with Gasteiger partial charge in [0, 0.05) is 18.3 Å². The first-order chi connectivity index (χ1) is 11.0. The molecular formula is C17H16N2O3S. The number of amides is 1. The van der Waals surface area contributed by atoms with Crippen molar-refractivity contribution in [1.82, 2.24) is 4.72 Å². The summed E-state index contributed by atoms with van der Waals surface area (Å²) in [6, 6.07) is 14.9. The van der Waals surface area contributed by atoms with Gasteiger partial charge in [-0.2, -0.15) is 4.72 Å². The molecule has 0 atom stereocenters. The molecule has 5 nitrogen and oxygen atoms in total. The predicted octanol–water partition coefficient (Wildman–Crippen LogP) is 1.87. The van der Waals surface area contributed by atoms with E-state index in [1.54, 1.807) is 25.2 Å². The molecule has 2 rings (SSSR count). The fraction of sp³-hybridized carbons (Fsp3) is 0.118. The van der Waals surface area contributed by atoms with Crippen LogP contribution in [0.25, 0.3) is 0 Å². The third-order valence-electron chi connectivity index (χ3n) is 3.20. The van der Waals surface area contributed by atoms with Crippen molar-refractivity contribution in [3.63, 3.8) is 0 Å². The summed E-state index contributed by atoms with van der Waals surface area (Å²) in [5.74, 6) is 1.90. The number of carbonyl (C=O) groups is 1. The lowest BCUT2D eigenvalue weighted by atomic mass is 10.2. The van der Waals surface area contributed by atoms with Gasteiger partial charge in [-0.3, -0.25) is 4.79 Å². The molecule has 0 aromatic heterocycles. The van der Waals surface area contributed by atoms with E-state index in [0.29, 0.717) is 0 Å². The minimum Gasteiger partial charge on any atom is -0.311 e. The second-order valence-electron chi connectivity index (χ2n) is 4.76. The van der Waals surface area contributed by atoms with Crippen molar-refractivity contribution in [1.29, 1.82) is 0 Å². The topological polar surface area (TPSA) is 66.5 Å². The number of rotatable bonds is 5. The molecule has 2 aromatic carbocycles. The summed E-state index contributed by atoms with van der Waals surface area (Å²) in [4.78, 5) is 14.0. The molecule has 23 heavy (non-hydrogen) atoms. The Labute approximate surface area is 136 Å². The van der Waals surface area contributed by atoms with Crippen LogP contribution in [0, 0.1) is 12.3 Å². The number of carbonyl (C=O) groups excluding carboxylic acids is 1. The molecule has 0 radical (unpaired) electrons. The van der Waals surface area contributed by atoms with Crippen LogP contribution in [0.5, 0.6) is 0 Å². The van der Waals surface area contributed by atoms with Gasteiger partial charge in [0.1, 0.15) is 0 Å². The maximum absolute atomic E-state index is 12.5. The summed E-state index contributed by atoms with van der Waals surface area (Å²) in [5.41, 5.74) is 0.996. The molecule has 0 aliphatic rings. The molecule has 0 aliphatic carbocycles. The quantitative estimate of drug-likeness (QED) is 0.852. The molecule has 118 valence electrons. The molecular weight excluding hydrogens is 312 g/mol. The molecule has 0 saturated heterocycles. The maximum atomic E-state index is 12.5. The molecule has 0 heterocycles. The molecule has 0 saturated carbocycles. The Kier molecular flexibility index (Phi) is 5.16. The van der Waals surface area contributed by atoms with Crippen molar-refractivity contribution in [2.45, 2.75) is 4.90 Å². The van der Waals surface area contributed by atoms with Crippen molar-refractivity contribution in [2.24, 2.45) is 0 Å². The van der Waals surface area contributed by atoms with Gasteiger partial charge in [0.25, 0.3) is 5.91 Å². The number of anilines is 1. The van der Waals surface area contributed by atoms with Gasteiger partial charge in [0.15, 0.2) is 0 Å². The van der Waals surface area contributed by atoms with Gasteiger partial charge in [0.2, 0.25) is 10.0 Å². The number of benzene rings is 2. The van der Waals surface area contributed by atoms with Crippen molar-refractivity contribution in [2.75, 3.05) is 18.5 Å². The fourth-order valence-corrected chi connectivity index (χ4v) is 2.96. The van der Waals surface area contributed by atoms with E-state index in [0.717, 1.165) is 5.69 Å². The SMILES string of the molecule is C#CCNS(=O)(=O)c1cccc(C(=O)N(C)c2ccccc2)c1. The van der Waals surface area contributed by atoms with Crippen LogP contribution in [-0.2, 0) is 10.0 Å². The highest BCUT2D eigenvalue weighted by molar-refractivity contribution is 7.89. The third-order valence-corrected chi connectivity index (χ3v) is 4.60. The standard InChI is InChI=1S/C17H16N2O3S/c1-3-12-18-23(21,22)16-11-7-8-14(13-16)17(20)19(2)15-9-5-4-6-10-15/h1,4-11,13,18H,12H2,2H3. The van der Waals surface area contributed by atoms with Gasteiger partial charge < -0.3 is 4.90 Å². The number of hydrogen-bond acceptors (Lipinski definition) is 3. The molecule has 1 N–H and O–H groups in total. The zero-order valence-electron chi connectivity index (χ0n) is 12.6. The van der Waals surface area contributed by atoms with E-state index in [-0.39, 0.29) is 22.9 Å². The van der Waals surface area contributed by atoms with Crippen LogP contribution in [0.4, 0.5) is 5.69 Å². The second kappa shape index (κ2) is 7.09. The Hall–Kier alpha value is -2.62. The van der Waals surface area contributed by atoms with Gasteiger partial charge in [-0.25, -0.2) is 8.42 Å². The first-order valence-corrected chi connectivity index (χ1v) is 8.30. The monoisotopic (exact) mass is 328 g/mol. The normalized spacial score (nSPS) is 10.8. The van der Waals surface area contributed by atoms with Crippen LogP contribution in [0.3, 0.4) is 0 Å². The number of terminal acetylenes is 1. The van der Waals surface area contributed by atoms with Gasteiger partial charge in [-0.15, -0.1) is 6.42 Å². The van der Waals surface area contributed by atoms with Crippen molar-refractivity contribution in [3.05, 3.63) is 60.2 Å². The highest BCUT2D eigenvalue weighted by Crippen LogP contribution is 2.17. The van der Waals surface area contributed by atoms with Crippen LogP contribution in [-0.4, -0.2) is 27.9 Å². The lowest BCUT2D eigenvalue weighted by Gasteiger charge is -2.17. The van der Waals surface area contributed by atoms with E-state index >= 15 is 0 Å². The molecule has 2 aromatic rings. The first-order valence-electron chi connectivity index (χ1n) is 6.82. The summed E-state index contributed by atoms with van der Waals surface area (Å²) in [6.45, 7) is -0.107. The predicted molar refractivity (Wildman–Crippen MR) is 89.6 cm³/mol. The third kappa shape index (κ3) is 3.97. The average molecular weight is 328 g/mol. The Morgan fingerprint density at radius 2 is 1.87 bits per heavy atom. The Morgan fingerprint density at radius 3 is 2.52 bits per heavy atom. The highest BCUT2D eigenvalue weighted by atomic mass is 32.2. The summed E-state index contributed by atoms with van der Waals surface area (Å²) < 4.78 is 26.4. The summed E-state index contributed by atoms with van der Waals surface area (Å²) >= 11 is 0. The van der Waals surface area contributed by atoms with E-state index in [9.17, 15) is 13.2 Å². The zero-order chi connectivity index (χ0) is 16.9. The second-order valence-corrected chi connectivity index (χ2v) is 6.52. The Morgan fingerprint density at radius 1 is 1.17 bits per heavy atom. The summed E-state index contributed by atoms with van der Waals surface area (Å²) in [7, 11) is -2.10. The van der Waals surface area contributed by atoms with Crippen molar-refractivity contribution in [3.8, 4) is 12.3 Å². The van der Waals surface area contributed by atoms with Crippen LogP contribution >= 0.6 is 0 Å². The lowest BCUT2D eigenvalue weighted by molar-refractivity contribution is 0.0993. The maximum Gasteiger partial charge on any atom is 0.258 e. The number of nitrogens with zero attached hydrogens (tertiary/aromatic N) is 1. The van der Waals surface area contributed by atoms with Crippen LogP contribution in [0.15, 0.2) is 59.5 Å². The molecule has 0 fully saturated rings. The number of para-hydroxylation sites is 1. The Balaban J connectivity index is 2.30. The van der Waals surface area contributed by atoms with Gasteiger partial charge >= 0.3 is 0 Å².